The lowest BCUT2D eigenvalue weighted by Crippen LogP contribution is -2.34. The van der Waals surface area contributed by atoms with Crippen LogP contribution in [-0.2, 0) is 6.42 Å². The van der Waals surface area contributed by atoms with Crippen molar-refractivity contribution >= 4 is 22.8 Å². The summed E-state index contributed by atoms with van der Waals surface area (Å²) in [6, 6.07) is 17.6. The molecule has 5 rings (SSSR count). The number of oxazole rings is 1. The van der Waals surface area contributed by atoms with E-state index < -0.39 is 0 Å². The summed E-state index contributed by atoms with van der Waals surface area (Å²) in [5.41, 5.74) is 5.63. The Kier molecular flexibility index (Phi) is 5.12. The van der Waals surface area contributed by atoms with Crippen molar-refractivity contribution in [1.82, 2.24) is 14.9 Å². The van der Waals surface area contributed by atoms with Crippen LogP contribution in [0.1, 0.15) is 37.3 Å². The predicted octanol–water partition coefficient (Wildman–Crippen LogP) is 5.82. The molecule has 1 atom stereocenters. The van der Waals surface area contributed by atoms with E-state index in [1.165, 1.54) is 5.56 Å². The Morgan fingerprint density at radius 1 is 1.16 bits per heavy atom. The van der Waals surface area contributed by atoms with Crippen LogP contribution in [0.2, 0.25) is 0 Å². The van der Waals surface area contributed by atoms with Gasteiger partial charge in [0.05, 0.1) is 0 Å². The SMILES string of the molecule is CCc1ccc(NC(=O)N2CCC[C@H]2c2nc3cc(-c4cccnc4)ccc3o2)cc1. The van der Waals surface area contributed by atoms with Gasteiger partial charge in [-0.3, -0.25) is 4.98 Å². The average Bonchev–Trinajstić information content (AvgIpc) is 3.46. The molecule has 31 heavy (non-hydrogen) atoms. The van der Waals surface area contributed by atoms with Gasteiger partial charge in [0.2, 0.25) is 5.89 Å². The zero-order valence-corrected chi connectivity index (χ0v) is 17.4. The van der Waals surface area contributed by atoms with Gasteiger partial charge in [0.1, 0.15) is 11.6 Å². The fourth-order valence-corrected chi connectivity index (χ4v) is 4.09. The Labute approximate surface area is 180 Å². The third kappa shape index (κ3) is 3.89. The van der Waals surface area contributed by atoms with Crippen LogP contribution in [0.15, 0.2) is 71.4 Å². The number of pyridine rings is 1. The van der Waals surface area contributed by atoms with E-state index in [-0.39, 0.29) is 12.1 Å². The van der Waals surface area contributed by atoms with Gasteiger partial charge in [-0.2, -0.15) is 0 Å². The topological polar surface area (TPSA) is 71.3 Å². The molecule has 0 saturated carbocycles. The zero-order valence-electron chi connectivity index (χ0n) is 17.4. The Balaban J connectivity index is 1.37. The van der Waals surface area contributed by atoms with E-state index >= 15 is 0 Å². The quantitative estimate of drug-likeness (QED) is 0.458. The van der Waals surface area contributed by atoms with Crippen molar-refractivity contribution in [1.29, 1.82) is 0 Å². The number of likely N-dealkylation sites (tertiary alicyclic amines) is 1. The minimum atomic E-state index is -0.163. The fraction of sp³-hybridized carbons (Fsp3) is 0.240. The molecule has 1 fully saturated rings. The first-order valence-corrected chi connectivity index (χ1v) is 10.7. The molecular formula is C25H24N4O2. The third-order valence-electron chi connectivity index (χ3n) is 5.81. The maximum Gasteiger partial charge on any atom is 0.322 e. The Morgan fingerprint density at radius 2 is 2.03 bits per heavy atom. The van der Waals surface area contributed by atoms with Gasteiger partial charge < -0.3 is 14.6 Å². The highest BCUT2D eigenvalue weighted by Gasteiger charge is 2.33. The van der Waals surface area contributed by atoms with Gasteiger partial charge in [0.15, 0.2) is 5.58 Å². The molecule has 1 aliphatic rings. The van der Waals surface area contributed by atoms with E-state index in [1.54, 1.807) is 6.20 Å². The maximum atomic E-state index is 12.9. The summed E-state index contributed by atoms with van der Waals surface area (Å²) in [5, 5.41) is 3.01. The molecular weight excluding hydrogens is 388 g/mol. The van der Waals surface area contributed by atoms with Crippen LogP contribution in [-0.4, -0.2) is 27.4 Å². The highest BCUT2D eigenvalue weighted by Crippen LogP contribution is 2.34. The zero-order chi connectivity index (χ0) is 21.2. The molecule has 3 heterocycles. The molecule has 1 aliphatic heterocycles. The first-order valence-electron chi connectivity index (χ1n) is 10.7. The molecule has 2 aromatic carbocycles. The summed E-state index contributed by atoms with van der Waals surface area (Å²) in [6.07, 6.45) is 6.33. The van der Waals surface area contributed by atoms with E-state index in [1.807, 2.05) is 65.7 Å². The summed E-state index contributed by atoms with van der Waals surface area (Å²) in [4.78, 5) is 23.7. The van der Waals surface area contributed by atoms with Crippen LogP contribution in [0.4, 0.5) is 10.5 Å². The first kappa shape index (κ1) is 19.3. The molecule has 2 aromatic heterocycles. The standard InChI is InChI=1S/C25H24N4O2/c1-2-17-7-10-20(11-8-17)27-25(30)29-14-4-6-22(29)24-28-21-15-18(9-12-23(21)31-24)19-5-3-13-26-16-19/h3,5,7-13,15-16,22H,2,4,6,14H2,1H3,(H,27,30)/t22-/m0/s1. The summed E-state index contributed by atoms with van der Waals surface area (Å²) >= 11 is 0. The molecule has 1 N–H and O–H groups in total. The number of amides is 2. The van der Waals surface area contributed by atoms with Crippen molar-refractivity contribution in [3.63, 3.8) is 0 Å². The van der Waals surface area contributed by atoms with E-state index in [4.69, 9.17) is 9.40 Å². The summed E-state index contributed by atoms with van der Waals surface area (Å²) in [7, 11) is 0. The van der Waals surface area contributed by atoms with Crippen LogP contribution in [0.3, 0.4) is 0 Å². The number of hydrogen-bond acceptors (Lipinski definition) is 4. The lowest BCUT2D eigenvalue weighted by Gasteiger charge is -2.22. The van der Waals surface area contributed by atoms with Gasteiger partial charge in [-0.05, 0) is 60.7 Å². The lowest BCUT2D eigenvalue weighted by atomic mass is 10.1. The number of urea groups is 1. The second kappa shape index (κ2) is 8.22. The minimum Gasteiger partial charge on any atom is -0.438 e. The smallest absolute Gasteiger partial charge is 0.322 e. The van der Waals surface area contributed by atoms with Crippen LogP contribution in [0, 0.1) is 0 Å². The van der Waals surface area contributed by atoms with Crippen LogP contribution < -0.4 is 5.32 Å². The molecule has 0 bridgehead atoms. The van der Waals surface area contributed by atoms with Crippen molar-refractivity contribution in [2.45, 2.75) is 32.2 Å². The van der Waals surface area contributed by atoms with Gasteiger partial charge >= 0.3 is 6.03 Å². The van der Waals surface area contributed by atoms with Gasteiger partial charge in [-0.1, -0.05) is 31.2 Å². The lowest BCUT2D eigenvalue weighted by molar-refractivity contribution is 0.199. The molecule has 6 nitrogen and oxygen atoms in total. The van der Waals surface area contributed by atoms with Crippen LogP contribution >= 0.6 is 0 Å². The Hall–Kier alpha value is -3.67. The monoisotopic (exact) mass is 412 g/mol. The number of fused-ring (bicyclic) bond motifs is 1. The second-order valence-corrected chi connectivity index (χ2v) is 7.81. The summed E-state index contributed by atoms with van der Waals surface area (Å²) in [5.74, 6) is 0.590. The number of hydrogen-bond donors (Lipinski definition) is 1. The molecule has 0 unspecified atom stereocenters. The molecule has 6 heteroatoms. The Bertz CT molecular complexity index is 1200. The number of nitrogens with one attached hydrogen (secondary N) is 1. The van der Waals surface area contributed by atoms with Crippen molar-refractivity contribution < 1.29 is 9.21 Å². The summed E-state index contributed by atoms with van der Waals surface area (Å²) in [6.45, 7) is 2.80. The first-order chi connectivity index (χ1) is 15.2. The van der Waals surface area contributed by atoms with E-state index in [2.05, 4.69) is 17.2 Å². The molecule has 0 radical (unpaired) electrons. The van der Waals surface area contributed by atoms with Gasteiger partial charge in [0, 0.05) is 30.2 Å². The molecule has 1 saturated heterocycles. The van der Waals surface area contributed by atoms with Crippen molar-refractivity contribution in [3.05, 3.63) is 78.4 Å². The van der Waals surface area contributed by atoms with Gasteiger partial charge in [0.25, 0.3) is 0 Å². The number of anilines is 1. The van der Waals surface area contributed by atoms with Crippen molar-refractivity contribution in [3.8, 4) is 11.1 Å². The van der Waals surface area contributed by atoms with Crippen LogP contribution in [0.25, 0.3) is 22.2 Å². The van der Waals surface area contributed by atoms with E-state index in [9.17, 15) is 4.79 Å². The highest BCUT2D eigenvalue weighted by atomic mass is 16.4. The third-order valence-corrected chi connectivity index (χ3v) is 5.81. The minimum absolute atomic E-state index is 0.120. The van der Waals surface area contributed by atoms with Crippen LogP contribution in [0.5, 0.6) is 0 Å². The highest BCUT2D eigenvalue weighted by molar-refractivity contribution is 5.90. The van der Waals surface area contributed by atoms with E-state index in [0.717, 1.165) is 47.2 Å². The largest absolute Gasteiger partial charge is 0.438 e. The Morgan fingerprint density at radius 3 is 2.81 bits per heavy atom. The van der Waals surface area contributed by atoms with Crippen molar-refractivity contribution in [2.24, 2.45) is 0 Å². The van der Waals surface area contributed by atoms with Gasteiger partial charge in [-0.15, -0.1) is 0 Å². The molecule has 156 valence electrons. The number of carbonyl (C=O) groups is 1. The van der Waals surface area contributed by atoms with Crippen molar-refractivity contribution in [2.75, 3.05) is 11.9 Å². The number of carbonyl (C=O) groups excluding carboxylic acids is 1. The second-order valence-electron chi connectivity index (χ2n) is 7.81. The number of rotatable bonds is 4. The number of nitrogens with zero attached hydrogens (tertiary/aromatic N) is 3. The van der Waals surface area contributed by atoms with E-state index in [0.29, 0.717) is 12.4 Å². The average molecular weight is 412 g/mol. The normalized spacial score (nSPS) is 16.0. The fourth-order valence-electron chi connectivity index (χ4n) is 4.09. The molecule has 0 spiro atoms. The summed E-state index contributed by atoms with van der Waals surface area (Å²) < 4.78 is 6.06. The maximum absolute atomic E-state index is 12.9. The molecule has 2 amide bonds. The molecule has 0 aliphatic carbocycles. The number of aromatic nitrogens is 2. The number of aryl methyl sites for hydroxylation is 1. The molecule has 4 aromatic rings. The predicted molar refractivity (Wildman–Crippen MR) is 121 cm³/mol. The number of benzene rings is 2. The van der Waals surface area contributed by atoms with Gasteiger partial charge in [-0.25, -0.2) is 9.78 Å².